The molecule has 3 aromatic carbocycles. The number of hydrogen-bond acceptors (Lipinski definition) is 3. The van der Waals surface area contributed by atoms with Crippen molar-refractivity contribution in [3.05, 3.63) is 83.4 Å². The lowest BCUT2D eigenvalue weighted by Gasteiger charge is -2.26. The molecule has 1 heterocycles. The van der Waals surface area contributed by atoms with Crippen molar-refractivity contribution < 1.29 is 14.4 Å². The van der Waals surface area contributed by atoms with Crippen LogP contribution in [0.25, 0.3) is 16.8 Å². The molecule has 1 aliphatic rings. The van der Waals surface area contributed by atoms with Gasteiger partial charge < -0.3 is 0 Å². The van der Waals surface area contributed by atoms with Gasteiger partial charge in [-0.15, -0.1) is 0 Å². The van der Waals surface area contributed by atoms with E-state index in [2.05, 4.69) is 5.32 Å². The number of carbonyl (C=O) groups excluding carboxylic acids is 3. The van der Waals surface area contributed by atoms with Crippen molar-refractivity contribution in [1.29, 1.82) is 0 Å². The van der Waals surface area contributed by atoms with Gasteiger partial charge >= 0.3 is 6.03 Å². The van der Waals surface area contributed by atoms with Crippen LogP contribution in [0.1, 0.15) is 11.1 Å². The van der Waals surface area contributed by atoms with Crippen molar-refractivity contribution in [3.63, 3.8) is 0 Å². The van der Waals surface area contributed by atoms with Crippen molar-refractivity contribution >= 4 is 40.4 Å². The molecule has 4 rings (SSSR count). The Balaban J connectivity index is 1.82. The van der Waals surface area contributed by atoms with Crippen LogP contribution in [0.15, 0.2) is 72.3 Å². The summed E-state index contributed by atoms with van der Waals surface area (Å²) in [6.45, 7) is 1.87. The Morgan fingerprint density at radius 1 is 0.889 bits per heavy atom. The lowest BCUT2D eigenvalue weighted by Crippen LogP contribution is -2.54. The highest BCUT2D eigenvalue weighted by Crippen LogP contribution is 2.25. The molecule has 132 valence electrons. The first-order valence-electron chi connectivity index (χ1n) is 8.50. The molecule has 5 nitrogen and oxygen atoms in total. The minimum Gasteiger partial charge on any atom is -0.273 e. The molecule has 0 saturated carbocycles. The summed E-state index contributed by atoms with van der Waals surface area (Å²) in [7, 11) is 0. The van der Waals surface area contributed by atoms with E-state index < -0.39 is 17.8 Å². The van der Waals surface area contributed by atoms with E-state index in [1.165, 1.54) is 6.08 Å². The van der Waals surface area contributed by atoms with Crippen LogP contribution < -0.4 is 10.2 Å². The lowest BCUT2D eigenvalue weighted by atomic mass is 10.0. The van der Waals surface area contributed by atoms with Crippen LogP contribution in [-0.2, 0) is 9.59 Å². The van der Waals surface area contributed by atoms with Crippen LogP contribution in [0, 0.1) is 6.92 Å². The van der Waals surface area contributed by atoms with E-state index in [0.717, 1.165) is 26.8 Å². The van der Waals surface area contributed by atoms with Crippen molar-refractivity contribution in [2.45, 2.75) is 6.92 Å². The molecular formula is C22H16N2O3. The van der Waals surface area contributed by atoms with E-state index in [9.17, 15) is 14.4 Å². The van der Waals surface area contributed by atoms with Crippen molar-refractivity contribution in [2.75, 3.05) is 4.90 Å². The number of urea groups is 1. The van der Waals surface area contributed by atoms with Gasteiger partial charge in [0.25, 0.3) is 11.8 Å². The summed E-state index contributed by atoms with van der Waals surface area (Å²) < 4.78 is 0. The minimum atomic E-state index is -0.745. The molecule has 1 N–H and O–H groups in total. The van der Waals surface area contributed by atoms with Gasteiger partial charge in [-0.25, -0.2) is 9.69 Å². The van der Waals surface area contributed by atoms with Crippen LogP contribution in [0.4, 0.5) is 10.5 Å². The topological polar surface area (TPSA) is 66.5 Å². The fraction of sp³-hybridized carbons (Fsp3) is 0.0455. The second kappa shape index (κ2) is 6.53. The molecule has 27 heavy (non-hydrogen) atoms. The van der Waals surface area contributed by atoms with Gasteiger partial charge in [0.1, 0.15) is 5.57 Å². The zero-order valence-electron chi connectivity index (χ0n) is 14.6. The maximum Gasteiger partial charge on any atom is 0.335 e. The van der Waals surface area contributed by atoms with Gasteiger partial charge in [0.05, 0.1) is 5.69 Å². The second-order valence-corrected chi connectivity index (χ2v) is 6.37. The van der Waals surface area contributed by atoms with E-state index in [1.807, 2.05) is 55.5 Å². The van der Waals surface area contributed by atoms with Crippen molar-refractivity contribution in [3.8, 4) is 0 Å². The monoisotopic (exact) mass is 356 g/mol. The number of rotatable bonds is 2. The Hall–Kier alpha value is -3.73. The van der Waals surface area contributed by atoms with Crippen LogP contribution in [0.2, 0.25) is 0 Å². The molecule has 0 atom stereocenters. The van der Waals surface area contributed by atoms with Gasteiger partial charge in [-0.05, 0) is 47.0 Å². The average Bonchev–Trinajstić information content (AvgIpc) is 2.65. The molecule has 0 aromatic heterocycles. The quantitative estimate of drug-likeness (QED) is 0.561. The maximum absolute atomic E-state index is 13.0. The Labute approximate surface area is 155 Å². The fourth-order valence-electron chi connectivity index (χ4n) is 3.19. The number of anilines is 1. The summed E-state index contributed by atoms with van der Waals surface area (Å²) in [6.07, 6.45) is 1.54. The van der Waals surface area contributed by atoms with Crippen LogP contribution >= 0.6 is 0 Å². The average molecular weight is 356 g/mol. The molecule has 1 fully saturated rings. The van der Waals surface area contributed by atoms with Gasteiger partial charge in [-0.2, -0.15) is 0 Å². The first-order chi connectivity index (χ1) is 13.0. The molecule has 0 unspecified atom stereocenters. The molecule has 0 bridgehead atoms. The molecule has 1 aliphatic heterocycles. The molecule has 4 amide bonds. The van der Waals surface area contributed by atoms with Gasteiger partial charge in [-0.3, -0.25) is 14.9 Å². The SMILES string of the molecule is Cc1cccc(N2C(=O)NC(=O)C(=Cc3cccc4ccccc34)C2=O)c1. The number of imide groups is 2. The summed E-state index contributed by atoms with van der Waals surface area (Å²) >= 11 is 0. The highest BCUT2D eigenvalue weighted by Gasteiger charge is 2.36. The number of hydrogen-bond donors (Lipinski definition) is 1. The summed E-state index contributed by atoms with van der Waals surface area (Å²) in [5, 5.41) is 4.18. The zero-order valence-corrected chi connectivity index (χ0v) is 14.6. The summed E-state index contributed by atoms with van der Waals surface area (Å²) in [6, 6.07) is 19.6. The molecule has 5 heteroatoms. The molecule has 0 spiro atoms. The van der Waals surface area contributed by atoms with Crippen LogP contribution in [-0.4, -0.2) is 17.8 Å². The third-order valence-electron chi connectivity index (χ3n) is 4.48. The molecule has 0 radical (unpaired) electrons. The largest absolute Gasteiger partial charge is 0.335 e. The first-order valence-corrected chi connectivity index (χ1v) is 8.50. The van der Waals surface area contributed by atoms with E-state index in [0.29, 0.717) is 5.69 Å². The Bertz CT molecular complexity index is 1130. The standard InChI is InChI=1S/C22H16N2O3/c1-14-6-4-10-17(12-14)24-21(26)19(20(25)23-22(24)27)13-16-9-5-8-15-7-2-3-11-18(15)16/h2-13H,1H3,(H,23,25,27). The number of benzene rings is 3. The Morgan fingerprint density at radius 2 is 1.63 bits per heavy atom. The smallest absolute Gasteiger partial charge is 0.273 e. The number of amides is 4. The third kappa shape index (κ3) is 3.00. The molecular weight excluding hydrogens is 340 g/mol. The number of fused-ring (bicyclic) bond motifs is 1. The third-order valence-corrected chi connectivity index (χ3v) is 4.48. The highest BCUT2D eigenvalue weighted by atomic mass is 16.2. The van der Waals surface area contributed by atoms with Crippen molar-refractivity contribution in [1.82, 2.24) is 5.32 Å². The first kappa shape index (κ1) is 16.7. The number of barbiturate groups is 1. The number of nitrogens with zero attached hydrogens (tertiary/aromatic N) is 1. The predicted octanol–water partition coefficient (Wildman–Crippen LogP) is 3.81. The highest BCUT2D eigenvalue weighted by molar-refractivity contribution is 6.39. The van der Waals surface area contributed by atoms with Crippen LogP contribution in [0.5, 0.6) is 0 Å². The number of aryl methyl sites for hydroxylation is 1. The molecule has 0 aliphatic carbocycles. The summed E-state index contributed by atoms with van der Waals surface area (Å²) in [4.78, 5) is 38.6. The second-order valence-electron chi connectivity index (χ2n) is 6.37. The van der Waals surface area contributed by atoms with Crippen molar-refractivity contribution in [2.24, 2.45) is 0 Å². The Morgan fingerprint density at radius 3 is 2.44 bits per heavy atom. The Kier molecular flexibility index (Phi) is 4.05. The summed E-state index contributed by atoms with van der Waals surface area (Å²) in [5.41, 5.74) is 2.00. The van der Waals surface area contributed by atoms with Gasteiger partial charge in [0.2, 0.25) is 0 Å². The van der Waals surface area contributed by atoms with Crippen LogP contribution in [0.3, 0.4) is 0 Å². The minimum absolute atomic E-state index is 0.0764. The van der Waals surface area contributed by atoms with E-state index >= 15 is 0 Å². The fourth-order valence-corrected chi connectivity index (χ4v) is 3.19. The number of carbonyl (C=O) groups is 3. The normalized spacial score (nSPS) is 16.1. The molecule has 3 aromatic rings. The number of nitrogens with one attached hydrogen (secondary N) is 1. The van der Waals surface area contributed by atoms with Gasteiger partial charge in [0, 0.05) is 0 Å². The maximum atomic E-state index is 13.0. The van der Waals surface area contributed by atoms with E-state index in [4.69, 9.17) is 0 Å². The van der Waals surface area contributed by atoms with E-state index in [-0.39, 0.29) is 5.57 Å². The lowest BCUT2D eigenvalue weighted by molar-refractivity contribution is -0.122. The van der Waals surface area contributed by atoms with E-state index in [1.54, 1.807) is 18.2 Å². The summed E-state index contributed by atoms with van der Waals surface area (Å²) in [5.74, 6) is -1.33. The van der Waals surface area contributed by atoms with Gasteiger partial charge in [0.15, 0.2) is 0 Å². The predicted molar refractivity (Wildman–Crippen MR) is 104 cm³/mol. The molecule has 1 saturated heterocycles. The van der Waals surface area contributed by atoms with Gasteiger partial charge in [-0.1, -0.05) is 54.6 Å². The zero-order chi connectivity index (χ0) is 19.0.